The molecule has 5 heteroatoms. The number of rotatable bonds is 2. The van der Waals surface area contributed by atoms with E-state index in [1.165, 1.54) is 30.7 Å². The van der Waals surface area contributed by atoms with Crippen molar-refractivity contribution in [2.75, 3.05) is 0 Å². The smallest absolute Gasteiger partial charge is 0.270 e. The molecule has 1 aromatic carbocycles. The minimum Gasteiger partial charge on any atom is -0.472 e. The molecule has 0 saturated heterocycles. The largest absolute Gasteiger partial charge is 0.472 e. The molecule has 0 aliphatic carbocycles. The number of benzene rings is 1. The van der Waals surface area contributed by atoms with Gasteiger partial charge in [-0.25, -0.2) is 0 Å². The Labute approximate surface area is 90.2 Å². The van der Waals surface area contributed by atoms with Gasteiger partial charge >= 0.3 is 0 Å². The molecule has 0 radical (unpaired) electrons. The lowest BCUT2D eigenvalue weighted by atomic mass is 10.1. The molecule has 2 aromatic rings. The highest BCUT2D eigenvalue weighted by atomic mass is 35.5. The zero-order chi connectivity index (χ0) is 10.8. The van der Waals surface area contributed by atoms with Crippen LogP contribution in [0.1, 0.15) is 0 Å². The molecule has 0 atom stereocenters. The number of nitro groups is 1. The molecule has 0 aliphatic heterocycles. The van der Waals surface area contributed by atoms with Gasteiger partial charge in [0.05, 0.1) is 17.4 Å². The quantitative estimate of drug-likeness (QED) is 0.578. The van der Waals surface area contributed by atoms with Gasteiger partial charge in [-0.2, -0.15) is 0 Å². The normalized spacial score (nSPS) is 10.2. The topological polar surface area (TPSA) is 56.3 Å². The molecule has 0 aliphatic rings. The lowest BCUT2D eigenvalue weighted by Crippen LogP contribution is -1.88. The summed E-state index contributed by atoms with van der Waals surface area (Å²) in [4.78, 5) is 10.1. The molecule has 76 valence electrons. The minimum atomic E-state index is -0.458. The SMILES string of the molecule is O=[N+]([O-])c1ccc(Cl)c(-c2ccoc2)c1. The van der Waals surface area contributed by atoms with E-state index in [1.807, 2.05) is 0 Å². The number of hydrogen-bond acceptors (Lipinski definition) is 3. The van der Waals surface area contributed by atoms with Crippen molar-refractivity contribution in [3.05, 3.63) is 51.9 Å². The maximum atomic E-state index is 10.6. The van der Waals surface area contributed by atoms with Crippen molar-refractivity contribution in [3.8, 4) is 11.1 Å². The average Bonchev–Trinajstić information content (AvgIpc) is 2.71. The first-order valence-corrected chi connectivity index (χ1v) is 4.53. The van der Waals surface area contributed by atoms with E-state index < -0.39 is 4.92 Å². The highest BCUT2D eigenvalue weighted by molar-refractivity contribution is 6.33. The van der Waals surface area contributed by atoms with Crippen LogP contribution in [0.2, 0.25) is 5.02 Å². The molecule has 0 unspecified atom stereocenters. The molecule has 0 saturated carbocycles. The Morgan fingerprint density at radius 2 is 2.13 bits per heavy atom. The van der Waals surface area contributed by atoms with Crippen LogP contribution in [-0.4, -0.2) is 4.92 Å². The number of nitro benzene ring substituents is 1. The number of halogens is 1. The molecule has 1 aromatic heterocycles. The van der Waals surface area contributed by atoms with Gasteiger partial charge in [-0.1, -0.05) is 11.6 Å². The summed E-state index contributed by atoms with van der Waals surface area (Å²) in [6.07, 6.45) is 2.98. The van der Waals surface area contributed by atoms with E-state index in [0.717, 1.165) is 5.56 Å². The molecule has 15 heavy (non-hydrogen) atoms. The third kappa shape index (κ3) is 1.85. The van der Waals surface area contributed by atoms with Gasteiger partial charge in [0.15, 0.2) is 0 Å². The molecule has 1 heterocycles. The minimum absolute atomic E-state index is 0.00981. The predicted octanol–water partition coefficient (Wildman–Crippen LogP) is 3.51. The Balaban J connectivity index is 2.55. The summed E-state index contributed by atoms with van der Waals surface area (Å²) in [6, 6.07) is 5.99. The fraction of sp³-hybridized carbons (Fsp3) is 0. The van der Waals surface area contributed by atoms with Gasteiger partial charge < -0.3 is 4.42 Å². The van der Waals surface area contributed by atoms with Crippen molar-refractivity contribution in [3.63, 3.8) is 0 Å². The van der Waals surface area contributed by atoms with E-state index in [4.69, 9.17) is 16.0 Å². The van der Waals surface area contributed by atoms with Crippen molar-refractivity contribution in [2.45, 2.75) is 0 Å². The van der Waals surface area contributed by atoms with Crippen molar-refractivity contribution >= 4 is 17.3 Å². The fourth-order valence-corrected chi connectivity index (χ4v) is 1.49. The van der Waals surface area contributed by atoms with Crippen molar-refractivity contribution in [1.29, 1.82) is 0 Å². The lowest BCUT2D eigenvalue weighted by Gasteiger charge is -2.00. The summed E-state index contributed by atoms with van der Waals surface area (Å²) >= 11 is 5.93. The molecule has 0 bridgehead atoms. The van der Waals surface area contributed by atoms with Crippen LogP contribution in [0.3, 0.4) is 0 Å². The second-order valence-corrected chi connectivity index (χ2v) is 3.34. The van der Waals surface area contributed by atoms with Gasteiger partial charge in [-0.3, -0.25) is 10.1 Å². The number of furan rings is 1. The van der Waals surface area contributed by atoms with Crippen LogP contribution in [-0.2, 0) is 0 Å². The highest BCUT2D eigenvalue weighted by Gasteiger charge is 2.11. The van der Waals surface area contributed by atoms with E-state index >= 15 is 0 Å². The van der Waals surface area contributed by atoms with Crippen LogP contribution in [0.15, 0.2) is 41.2 Å². The van der Waals surface area contributed by atoms with Gasteiger partial charge in [0.2, 0.25) is 0 Å². The third-order valence-corrected chi connectivity index (χ3v) is 2.32. The van der Waals surface area contributed by atoms with Gasteiger partial charge in [0.25, 0.3) is 5.69 Å². The summed E-state index contributed by atoms with van der Waals surface area (Å²) in [6.45, 7) is 0. The van der Waals surface area contributed by atoms with Crippen LogP contribution in [0.4, 0.5) is 5.69 Å². The predicted molar refractivity (Wildman–Crippen MR) is 55.8 cm³/mol. The van der Waals surface area contributed by atoms with Crippen LogP contribution in [0.25, 0.3) is 11.1 Å². The maximum absolute atomic E-state index is 10.6. The second-order valence-electron chi connectivity index (χ2n) is 2.93. The van der Waals surface area contributed by atoms with E-state index in [0.29, 0.717) is 10.6 Å². The number of nitrogens with zero attached hydrogens (tertiary/aromatic N) is 1. The van der Waals surface area contributed by atoms with Gasteiger partial charge in [0.1, 0.15) is 0 Å². The first-order chi connectivity index (χ1) is 7.18. The summed E-state index contributed by atoms with van der Waals surface area (Å²) in [7, 11) is 0. The zero-order valence-corrected chi connectivity index (χ0v) is 8.27. The Morgan fingerprint density at radius 1 is 1.33 bits per heavy atom. The van der Waals surface area contributed by atoms with E-state index in [-0.39, 0.29) is 5.69 Å². The van der Waals surface area contributed by atoms with Crippen LogP contribution >= 0.6 is 11.6 Å². The molecule has 0 spiro atoms. The Morgan fingerprint density at radius 3 is 2.73 bits per heavy atom. The lowest BCUT2D eigenvalue weighted by molar-refractivity contribution is -0.384. The van der Waals surface area contributed by atoms with Crippen LogP contribution in [0.5, 0.6) is 0 Å². The van der Waals surface area contributed by atoms with E-state index in [1.54, 1.807) is 6.07 Å². The molecule has 4 nitrogen and oxygen atoms in total. The molecular formula is C10H6ClNO3. The second kappa shape index (κ2) is 3.74. The Hall–Kier alpha value is -1.81. The number of hydrogen-bond donors (Lipinski definition) is 0. The maximum Gasteiger partial charge on any atom is 0.270 e. The van der Waals surface area contributed by atoms with Gasteiger partial charge in [-0.05, 0) is 12.1 Å². The van der Waals surface area contributed by atoms with E-state index in [9.17, 15) is 10.1 Å². The molecular weight excluding hydrogens is 218 g/mol. The average molecular weight is 224 g/mol. The zero-order valence-electron chi connectivity index (χ0n) is 7.51. The van der Waals surface area contributed by atoms with Crippen molar-refractivity contribution in [2.24, 2.45) is 0 Å². The monoisotopic (exact) mass is 223 g/mol. The molecule has 0 N–H and O–H groups in total. The first kappa shape index (κ1) is 9.73. The third-order valence-electron chi connectivity index (χ3n) is 1.99. The summed E-state index contributed by atoms with van der Waals surface area (Å²) in [5, 5.41) is 11.0. The van der Waals surface area contributed by atoms with Crippen molar-refractivity contribution in [1.82, 2.24) is 0 Å². The van der Waals surface area contributed by atoms with E-state index in [2.05, 4.69) is 0 Å². The molecule has 2 rings (SSSR count). The molecule has 0 amide bonds. The van der Waals surface area contributed by atoms with Crippen LogP contribution < -0.4 is 0 Å². The summed E-state index contributed by atoms with van der Waals surface area (Å²) in [5.74, 6) is 0. The molecule has 0 fully saturated rings. The standard InChI is InChI=1S/C10H6ClNO3/c11-10-2-1-8(12(13)14)5-9(10)7-3-4-15-6-7/h1-6H. The Bertz CT molecular complexity index is 493. The summed E-state index contributed by atoms with van der Waals surface area (Å²) < 4.78 is 4.90. The fourth-order valence-electron chi connectivity index (χ4n) is 1.27. The first-order valence-electron chi connectivity index (χ1n) is 4.15. The van der Waals surface area contributed by atoms with Gasteiger partial charge in [0, 0.05) is 28.3 Å². The highest BCUT2D eigenvalue weighted by Crippen LogP contribution is 2.31. The number of non-ortho nitro benzene ring substituents is 1. The summed E-state index contributed by atoms with van der Waals surface area (Å²) in [5.41, 5.74) is 1.33. The van der Waals surface area contributed by atoms with Gasteiger partial charge in [-0.15, -0.1) is 0 Å². The van der Waals surface area contributed by atoms with Crippen LogP contribution in [0, 0.1) is 10.1 Å². The van der Waals surface area contributed by atoms with Crippen molar-refractivity contribution < 1.29 is 9.34 Å². The Kier molecular flexibility index (Phi) is 2.43.